The Morgan fingerprint density at radius 2 is 1.80 bits per heavy atom. The number of benzene rings is 1. The highest BCUT2D eigenvalue weighted by Gasteiger charge is 2.25. The lowest BCUT2D eigenvalue weighted by Gasteiger charge is -2.21. The van der Waals surface area contributed by atoms with Gasteiger partial charge in [0.15, 0.2) is 0 Å². The molecule has 1 amide bonds. The van der Waals surface area contributed by atoms with Gasteiger partial charge in [0.05, 0.1) is 0 Å². The van der Waals surface area contributed by atoms with E-state index in [-0.39, 0.29) is 12.0 Å². The molecule has 1 heterocycles. The molecule has 0 spiro atoms. The second-order valence-electron chi connectivity index (χ2n) is 6.11. The van der Waals surface area contributed by atoms with Crippen LogP contribution in [0.2, 0.25) is 0 Å². The molecule has 2 rings (SSSR count). The summed E-state index contributed by atoms with van der Waals surface area (Å²) in [6.45, 7) is 9.31. The van der Waals surface area contributed by atoms with Crippen LogP contribution in [0.25, 0.3) is 0 Å². The molecule has 1 aromatic rings. The highest BCUT2D eigenvalue weighted by Crippen LogP contribution is 2.32. The van der Waals surface area contributed by atoms with Crippen LogP contribution in [0.3, 0.4) is 0 Å². The van der Waals surface area contributed by atoms with Crippen LogP contribution in [0.5, 0.6) is 0 Å². The van der Waals surface area contributed by atoms with Gasteiger partial charge in [-0.1, -0.05) is 45.9 Å². The number of para-hydroxylation sites is 1. The summed E-state index contributed by atoms with van der Waals surface area (Å²) < 4.78 is 5.48. The van der Waals surface area contributed by atoms with Gasteiger partial charge in [-0.3, -0.25) is 4.79 Å². The molecule has 1 aromatic carbocycles. The summed E-state index contributed by atoms with van der Waals surface area (Å²) in [5.74, 6) is 0.763. The molecule has 110 valence electrons. The van der Waals surface area contributed by atoms with Gasteiger partial charge in [0, 0.05) is 12.3 Å². The zero-order valence-electron chi connectivity index (χ0n) is 12.9. The molecule has 0 saturated carbocycles. The number of carbonyl (C=O) groups is 1. The van der Waals surface area contributed by atoms with Crippen molar-refractivity contribution in [3.05, 3.63) is 29.3 Å². The highest BCUT2D eigenvalue weighted by molar-refractivity contribution is 5.96. The second kappa shape index (κ2) is 6.40. The normalized spacial score (nSPS) is 18.8. The van der Waals surface area contributed by atoms with Crippen LogP contribution in [0.1, 0.15) is 63.5 Å². The van der Waals surface area contributed by atoms with Crippen LogP contribution in [0, 0.1) is 0 Å². The minimum absolute atomic E-state index is 0.00231. The van der Waals surface area contributed by atoms with Crippen LogP contribution >= 0.6 is 0 Å². The first-order valence-electron chi connectivity index (χ1n) is 7.56. The van der Waals surface area contributed by atoms with E-state index in [0.29, 0.717) is 18.4 Å². The van der Waals surface area contributed by atoms with Gasteiger partial charge in [0.1, 0.15) is 6.10 Å². The Bertz CT molecular complexity index is 448. The average molecular weight is 275 g/mol. The molecule has 0 bridgehead atoms. The first-order chi connectivity index (χ1) is 9.50. The average Bonchev–Trinajstić information content (AvgIpc) is 2.92. The Kier molecular flexibility index (Phi) is 4.81. The van der Waals surface area contributed by atoms with E-state index in [4.69, 9.17) is 4.74 Å². The van der Waals surface area contributed by atoms with Crippen molar-refractivity contribution in [1.29, 1.82) is 0 Å². The van der Waals surface area contributed by atoms with E-state index in [1.165, 1.54) is 11.1 Å². The van der Waals surface area contributed by atoms with Crippen molar-refractivity contribution < 1.29 is 9.53 Å². The zero-order chi connectivity index (χ0) is 14.7. The molecule has 0 unspecified atom stereocenters. The van der Waals surface area contributed by atoms with E-state index >= 15 is 0 Å². The van der Waals surface area contributed by atoms with Gasteiger partial charge in [-0.25, -0.2) is 0 Å². The topological polar surface area (TPSA) is 38.3 Å². The molecule has 3 nitrogen and oxygen atoms in total. The summed E-state index contributed by atoms with van der Waals surface area (Å²) in [6, 6.07) is 6.27. The molecule has 0 aliphatic carbocycles. The highest BCUT2D eigenvalue weighted by atomic mass is 16.5. The Morgan fingerprint density at radius 3 is 2.25 bits per heavy atom. The summed E-state index contributed by atoms with van der Waals surface area (Å²) in [4.78, 5) is 12.3. The van der Waals surface area contributed by atoms with Crippen molar-refractivity contribution in [3.8, 4) is 0 Å². The number of carbonyl (C=O) groups excluding carboxylic acids is 1. The molecule has 0 aromatic heterocycles. The van der Waals surface area contributed by atoms with Gasteiger partial charge >= 0.3 is 0 Å². The maximum absolute atomic E-state index is 12.3. The monoisotopic (exact) mass is 275 g/mol. The number of ether oxygens (including phenoxy) is 1. The van der Waals surface area contributed by atoms with Crippen molar-refractivity contribution in [2.75, 3.05) is 11.9 Å². The molecular weight excluding hydrogens is 250 g/mol. The molecule has 1 saturated heterocycles. The molecule has 1 aliphatic rings. The van der Waals surface area contributed by atoms with Gasteiger partial charge in [-0.05, 0) is 35.8 Å². The minimum Gasteiger partial charge on any atom is -0.368 e. The van der Waals surface area contributed by atoms with E-state index in [9.17, 15) is 4.79 Å². The number of anilines is 1. The largest absolute Gasteiger partial charge is 0.368 e. The predicted molar refractivity (Wildman–Crippen MR) is 82.2 cm³/mol. The number of hydrogen-bond donors (Lipinski definition) is 1. The van der Waals surface area contributed by atoms with E-state index in [2.05, 4.69) is 51.2 Å². The first kappa shape index (κ1) is 15.0. The lowest BCUT2D eigenvalue weighted by molar-refractivity contribution is -0.124. The fourth-order valence-electron chi connectivity index (χ4n) is 2.68. The molecule has 20 heavy (non-hydrogen) atoms. The Labute approximate surface area is 121 Å². The van der Waals surface area contributed by atoms with Crippen LogP contribution in [-0.4, -0.2) is 18.6 Å². The predicted octanol–water partition coefficient (Wildman–Crippen LogP) is 4.05. The maximum Gasteiger partial charge on any atom is 0.253 e. The summed E-state index contributed by atoms with van der Waals surface area (Å²) >= 11 is 0. The van der Waals surface area contributed by atoms with Gasteiger partial charge in [0.2, 0.25) is 0 Å². The first-order valence-corrected chi connectivity index (χ1v) is 7.56. The minimum atomic E-state index is -0.282. The number of nitrogens with one attached hydrogen (secondary N) is 1. The smallest absolute Gasteiger partial charge is 0.253 e. The van der Waals surface area contributed by atoms with Gasteiger partial charge < -0.3 is 10.1 Å². The van der Waals surface area contributed by atoms with Gasteiger partial charge in [-0.15, -0.1) is 0 Å². The Balaban J connectivity index is 2.30. The Hall–Kier alpha value is -1.35. The molecule has 1 aliphatic heterocycles. The number of hydrogen-bond acceptors (Lipinski definition) is 2. The summed E-state index contributed by atoms with van der Waals surface area (Å²) in [5.41, 5.74) is 3.38. The number of amides is 1. The fourth-order valence-corrected chi connectivity index (χ4v) is 2.68. The van der Waals surface area contributed by atoms with E-state index in [1.54, 1.807) is 0 Å². The Morgan fingerprint density at radius 1 is 1.20 bits per heavy atom. The second-order valence-corrected chi connectivity index (χ2v) is 6.11. The summed E-state index contributed by atoms with van der Waals surface area (Å²) in [5, 5.41) is 3.12. The lowest BCUT2D eigenvalue weighted by Crippen LogP contribution is -2.28. The van der Waals surface area contributed by atoms with Crippen LogP contribution in [0.4, 0.5) is 5.69 Å². The third-order valence-electron chi connectivity index (χ3n) is 3.84. The summed E-state index contributed by atoms with van der Waals surface area (Å²) in [6.07, 6.45) is 1.52. The van der Waals surface area contributed by atoms with Crippen LogP contribution < -0.4 is 5.32 Å². The summed E-state index contributed by atoms with van der Waals surface area (Å²) in [7, 11) is 0. The van der Waals surface area contributed by atoms with Gasteiger partial charge in [0.25, 0.3) is 5.91 Å². The van der Waals surface area contributed by atoms with Crippen LogP contribution in [0.15, 0.2) is 18.2 Å². The van der Waals surface area contributed by atoms with Crippen molar-refractivity contribution in [1.82, 2.24) is 0 Å². The molecule has 1 fully saturated rings. The van der Waals surface area contributed by atoms with Crippen molar-refractivity contribution >= 4 is 11.6 Å². The quantitative estimate of drug-likeness (QED) is 0.900. The molecule has 1 N–H and O–H groups in total. The molecule has 1 atom stereocenters. The lowest BCUT2D eigenvalue weighted by atomic mass is 9.92. The third-order valence-corrected chi connectivity index (χ3v) is 3.84. The molecule has 0 radical (unpaired) electrons. The SMILES string of the molecule is CC(C)c1cccc(C(C)C)c1NC(=O)[C@H]1CCCO1. The number of rotatable bonds is 4. The molecule has 3 heteroatoms. The zero-order valence-corrected chi connectivity index (χ0v) is 12.9. The van der Waals surface area contributed by atoms with Crippen molar-refractivity contribution in [3.63, 3.8) is 0 Å². The van der Waals surface area contributed by atoms with E-state index < -0.39 is 0 Å². The van der Waals surface area contributed by atoms with E-state index in [1.807, 2.05) is 0 Å². The molecular formula is C17H25NO2. The van der Waals surface area contributed by atoms with Crippen molar-refractivity contribution in [2.24, 2.45) is 0 Å². The standard InChI is InChI=1S/C17H25NO2/c1-11(2)13-7-5-8-14(12(3)4)16(13)18-17(19)15-9-6-10-20-15/h5,7-8,11-12,15H,6,9-10H2,1-4H3,(H,18,19)/t15-/m1/s1. The van der Waals surface area contributed by atoms with Crippen LogP contribution in [-0.2, 0) is 9.53 Å². The van der Waals surface area contributed by atoms with Gasteiger partial charge in [-0.2, -0.15) is 0 Å². The van der Waals surface area contributed by atoms with Crippen molar-refractivity contribution in [2.45, 2.75) is 58.5 Å². The fraction of sp³-hybridized carbons (Fsp3) is 0.588. The van der Waals surface area contributed by atoms with E-state index in [0.717, 1.165) is 18.5 Å². The maximum atomic E-state index is 12.3. The third kappa shape index (κ3) is 3.21.